The number of benzene rings is 2. The molecule has 1 unspecified atom stereocenters. The van der Waals surface area contributed by atoms with Gasteiger partial charge in [-0.1, -0.05) is 30.1 Å². The van der Waals surface area contributed by atoms with Crippen molar-refractivity contribution in [3.8, 4) is 5.75 Å². The van der Waals surface area contributed by atoms with Gasteiger partial charge in [0.2, 0.25) is 12.1 Å². The number of nitrogens with one attached hydrogen (secondary N) is 1. The third kappa shape index (κ3) is 7.00. The summed E-state index contributed by atoms with van der Waals surface area (Å²) >= 11 is 12.1. The van der Waals surface area contributed by atoms with E-state index in [1.807, 2.05) is 0 Å². The normalized spacial score (nSPS) is 12.4. The van der Waals surface area contributed by atoms with Crippen molar-refractivity contribution in [2.45, 2.75) is 38.7 Å². The van der Waals surface area contributed by atoms with Gasteiger partial charge in [-0.15, -0.1) is 0 Å². The van der Waals surface area contributed by atoms with E-state index in [0.29, 0.717) is 0 Å². The predicted octanol–water partition coefficient (Wildman–Crippen LogP) is 5.90. The van der Waals surface area contributed by atoms with Crippen LogP contribution < -0.4 is 10.1 Å². The Labute approximate surface area is 184 Å². The number of alkyl halides is 4. The topological polar surface area (TPSA) is 75.6 Å². The summed E-state index contributed by atoms with van der Waals surface area (Å²) in [6.07, 6.45) is -7.18. The number of carbonyl (C=O) groups is 2. The van der Waals surface area contributed by atoms with Crippen LogP contribution in [0.5, 0.6) is 5.75 Å². The highest BCUT2D eigenvalue weighted by molar-refractivity contribution is 6.37. The molecule has 0 saturated carbocycles. The second-order valence-electron chi connectivity index (χ2n) is 6.51. The van der Waals surface area contributed by atoms with Crippen LogP contribution >= 0.6 is 23.2 Å². The van der Waals surface area contributed by atoms with Crippen LogP contribution in [0.2, 0.25) is 10.0 Å². The minimum atomic E-state index is -4.65. The van der Waals surface area contributed by atoms with Crippen molar-refractivity contribution >= 4 is 40.8 Å². The van der Waals surface area contributed by atoms with E-state index < -0.39 is 36.2 Å². The molecule has 0 aromatic heterocycles. The molecule has 0 aliphatic heterocycles. The van der Waals surface area contributed by atoms with Crippen LogP contribution in [0.15, 0.2) is 30.3 Å². The van der Waals surface area contributed by atoms with Crippen LogP contribution in [-0.4, -0.2) is 23.2 Å². The van der Waals surface area contributed by atoms with Crippen LogP contribution in [0.25, 0.3) is 0 Å². The lowest BCUT2D eigenvalue weighted by molar-refractivity contribution is -0.142. The number of anilines is 1. The monoisotopic (exact) mass is 481 g/mol. The lowest BCUT2D eigenvalue weighted by Crippen LogP contribution is -2.17. The fraction of sp³-hybridized carbons (Fsp3) is 0.300. The van der Waals surface area contributed by atoms with Gasteiger partial charge in [0.25, 0.3) is 0 Å². The molecule has 168 valence electrons. The van der Waals surface area contributed by atoms with Gasteiger partial charge in [-0.25, -0.2) is 9.18 Å². The Bertz CT molecular complexity index is 959. The zero-order chi connectivity index (χ0) is 23.3. The molecule has 0 bridgehead atoms. The summed E-state index contributed by atoms with van der Waals surface area (Å²) in [5.41, 5.74) is -0.723. The largest absolute Gasteiger partial charge is 0.486 e. The van der Waals surface area contributed by atoms with E-state index in [0.717, 1.165) is 12.1 Å². The first-order chi connectivity index (χ1) is 14.4. The lowest BCUT2D eigenvalue weighted by Gasteiger charge is -2.15. The molecular weight excluding hydrogens is 465 g/mol. The molecule has 2 aromatic rings. The molecule has 1 atom stereocenters. The second kappa shape index (κ2) is 10.2. The first-order valence-corrected chi connectivity index (χ1v) is 9.65. The second-order valence-corrected chi connectivity index (χ2v) is 7.32. The Balaban J connectivity index is 2.26. The SMILES string of the molecule is CCC(=O)Nc1cc(COc2c(Cl)cc(CC(F)C(=O)O)cc2Cl)cc(C(F)(F)F)c1. The van der Waals surface area contributed by atoms with Crippen molar-refractivity contribution in [3.05, 3.63) is 57.1 Å². The first-order valence-electron chi connectivity index (χ1n) is 8.89. The Morgan fingerprint density at radius 3 is 2.23 bits per heavy atom. The van der Waals surface area contributed by atoms with Crippen LogP contribution in [0, 0.1) is 0 Å². The summed E-state index contributed by atoms with van der Waals surface area (Å²) in [5.74, 6) is -2.15. The average Bonchev–Trinajstić information content (AvgIpc) is 2.66. The molecule has 0 heterocycles. The van der Waals surface area contributed by atoms with Gasteiger partial charge in [0.15, 0.2) is 5.75 Å². The number of halogens is 6. The van der Waals surface area contributed by atoms with Gasteiger partial charge in [0, 0.05) is 18.5 Å². The third-order valence-electron chi connectivity index (χ3n) is 4.05. The van der Waals surface area contributed by atoms with E-state index in [-0.39, 0.29) is 45.6 Å². The molecule has 1 amide bonds. The number of hydrogen-bond donors (Lipinski definition) is 2. The molecule has 11 heteroatoms. The predicted molar refractivity (Wildman–Crippen MR) is 107 cm³/mol. The first kappa shape index (κ1) is 24.7. The number of amides is 1. The highest BCUT2D eigenvalue weighted by atomic mass is 35.5. The van der Waals surface area contributed by atoms with Crippen molar-refractivity contribution in [1.29, 1.82) is 0 Å². The molecule has 0 aliphatic rings. The van der Waals surface area contributed by atoms with Crippen LogP contribution in [0.1, 0.15) is 30.0 Å². The minimum absolute atomic E-state index is 0.0459. The van der Waals surface area contributed by atoms with Crippen LogP contribution in [0.3, 0.4) is 0 Å². The van der Waals surface area contributed by atoms with E-state index in [4.69, 9.17) is 33.0 Å². The average molecular weight is 482 g/mol. The van der Waals surface area contributed by atoms with Crippen LogP contribution in [0.4, 0.5) is 23.2 Å². The summed E-state index contributed by atoms with van der Waals surface area (Å²) in [6, 6.07) is 5.51. The highest BCUT2D eigenvalue weighted by Gasteiger charge is 2.31. The van der Waals surface area contributed by atoms with Crippen molar-refractivity contribution in [2.75, 3.05) is 5.32 Å². The van der Waals surface area contributed by atoms with Gasteiger partial charge in [0.1, 0.15) is 6.61 Å². The molecule has 2 rings (SSSR count). The van der Waals surface area contributed by atoms with Crippen molar-refractivity contribution in [2.24, 2.45) is 0 Å². The molecule has 2 aromatic carbocycles. The van der Waals surface area contributed by atoms with Crippen molar-refractivity contribution in [1.82, 2.24) is 0 Å². The number of aliphatic carboxylic acids is 1. The zero-order valence-corrected chi connectivity index (χ0v) is 17.5. The quantitative estimate of drug-likeness (QED) is 0.460. The van der Waals surface area contributed by atoms with E-state index in [1.165, 1.54) is 18.2 Å². The van der Waals surface area contributed by atoms with Gasteiger partial charge < -0.3 is 15.2 Å². The molecule has 0 aliphatic carbocycles. The summed E-state index contributed by atoms with van der Waals surface area (Å²) in [6.45, 7) is 1.20. The molecular formula is C20H17Cl2F4NO4. The zero-order valence-electron chi connectivity index (χ0n) is 16.0. The number of rotatable bonds is 8. The Hall–Kier alpha value is -2.52. The van der Waals surface area contributed by atoms with Crippen molar-refractivity contribution < 1.29 is 37.0 Å². The molecule has 31 heavy (non-hydrogen) atoms. The number of ether oxygens (including phenoxy) is 1. The number of carbonyl (C=O) groups excluding carboxylic acids is 1. The third-order valence-corrected chi connectivity index (χ3v) is 4.61. The molecule has 0 spiro atoms. The number of carboxylic acid groups (broad SMARTS) is 1. The van der Waals surface area contributed by atoms with E-state index in [2.05, 4.69) is 5.32 Å². The summed E-state index contributed by atoms with van der Waals surface area (Å²) in [4.78, 5) is 22.2. The summed E-state index contributed by atoms with van der Waals surface area (Å²) < 4.78 is 58.4. The molecule has 0 saturated heterocycles. The Kier molecular flexibility index (Phi) is 8.14. The maximum atomic E-state index is 13.4. The van der Waals surface area contributed by atoms with Crippen molar-refractivity contribution in [3.63, 3.8) is 0 Å². The fourth-order valence-electron chi connectivity index (χ4n) is 2.58. The highest BCUT2D eigenvalue weighted by Crippen LogP contribution is 2.36. The molecule has 0 radical (unpaired) electrons. The maximum absolute atomic E-state index is 13.4. The van der Waals surface area contributed by atoms with E-state index >= 15 is 0 Å². The summed E-state index contributed by atoms with van der Waals surface area (Å²) in [7, 11) is 0. The molecule has 0 fully saturated rings. The summed E-state index contributed by atoms with van der Waals surface area (Å²) in [5, 5.41) is 10.9. The van der Waals surface area contributed by atoms with Gasteiger partial charge in [0.05, 0.1) is 15.6 Å². The van der Waals surface area contributed by atoms with Gasteiger partial charge >= 0.3 is 12.1 Å². The van der Waals surface area contributed by atoms with Gasteiger partial charge in [-0.3, -0.25) is 4.79 Å². The smallest absolute Gasteiger partial charge is 0.416 e. The standard InChI is InChI=1S/C20H17Cl2F4NO4/c1-2-17(28)27-13-4-11(3-12(8-13)20(24,25)26)9-31-18-14(21)5-10(6-15(18)22)7-16(23)19(29)30/h3-6,8,16H,2,7,9H2,1H3,(H,27,28)(H,29,30). The fourth-order valence-corrected chi connectivity index (χ4v) is 3.22. The van der Waals surface area contributed by atoms with Gasteiger partial charge in [-0.2, -0.15) is 13.2 Å². The Morgan fingerprint density at radius 1 is 1.10 bits per heavy atom. The van der Waals surface area contributed by atoms with E-state index in [1.54, 1.807) is 6.92 Å². The number of carboxylic acids is 1. The molecule has 5 nitrogen and oxygen atoms in total. The molecule has 2 N–H and O–H groups in total. The minimum Gasteiger partial charge on any atom is -0.486 e. The maximum Gasteiger partial charge on any atom is 0.416 e. The number of hydrogen-bond acceptors (Lipinski definition) is 3. The van der Waals surface area contributed by atoms with E-state index in [9.17, 15) is 27.2 Å². The lowest BCUT2D eigenvalue weighted by atomic mass is 10.1. The Morgan fingerprint density at radius 2 is 1.71 bits per heavy atom. The van der Waals surface area contributed by atoms with Gasteiger partial charge in [-0.05, 0) is 41.5 Å². The van der Waals surface area contributed by atoms with Crippen LogP contribution in [-0.2, 0) is 28.8 Å².